The molecule has 3 rings (SSSR count). The van der Waals surface area contributed by atoms with Crippen molar-refractivity contribution in [3.8, 4) is 11.5 Å². The Morgan fingerprint density at radius 2 is 1.85 bits per heavy atom. The van der Waals surface area contributed by atoms with Gasteiger partial charge in [-0.25, -0.2) is 0 Å². The van der Waals surface area contributed by atoms with Crippen LogP contribution in [0.15, 0.2) is 53.3 Å². The van der Waals surface area contributed by atoms with Gasteiger partial charge in [-0.05, 0) is 30.0 Å². The number of amides is 1. The number of carbonyl (C=O) groups is 1. The van der Waals surface area contributed by atoms with E-state index in [9.17, 15) is 9.59 Å². The number of nitrogens with one attached hydrogen (secondary N) is 2. The van der Waals surface area contributed by atoms with Gasteiger partial charge in [0.1, 0.15) is 0 Å². The maximum Gasteiger partial charge on any atom is 0.251 e. The second-order valence-electron chi connectivity index (χ2n) is 6.14. The molecule has 3 aromatic rings. The number of para-hydroxylation sites is 2. The summed E-state index contributed by atoms with van der Waals surface area (Å²) in [6, 6.07) is 14.9. The molecule has 0 saturated heterocycles. The molecule has 140 valence electrons. The number of carbonyl (C=O) groups excluding carboxylic acids is 1. The summed E-state index contributed by atoms with van der Waals surface area (Å²) in [6.45, 7) is 0.327. The lowest BCUT2D eigenvalue weighted by atomic mass is 10.1. The highest BCUT2D eigenvalue weighted by atomic mass is 16.5. The van der Waals surface area contributed by atoms with E-state index in [0.717, 1.165) is 16.5 Å². The zero-order chi connectivity index (χ0) is 19.2. The van der Waals surface area contributed by atoms with Crippen LogP contribution in [-0.2, 0) is 17.8 Å². The first-order valence-electron chi connectivity index (χ1n) is 8.70. The minimum Gasteiger partial charge on any atom is -0.493 e. The molecule has 0 saturated carbocycles. The molecule has 1 heterocycles. The highest BCUT2D eigenvalue weighted by molar-refractivity contribution is 5.79. The number of ether oxygens (including phenoxy) is 2. The van der Waals surface area contributed by atoms with Crippen molar-refractivity contribution in [2.24, 2.45) is 0 Å². The summed E-state index contributed by atoms with van der Waals surface area (Å²) in [5, 5.41) is 3.82. The largest absolute Gasteiger partial charge is 0.493 e. The fourth-order valence-corrected chi connectivity index (χ4v) is 3.00. The Labute approximate surface area is 157 Å². The lowest BCUT2D eigenvalue weighted by Crippen LogP contribution is -2.24. The lowest BCUT2D eigenvalue weighted by Gasteiger charge is -2.13. The number of benzene rings is 2. The minimum atomic E-state index is -0.157. The van der Waals surface area contributed by atoms with Crippen molar-refractivity contribution >= 4 is 16.8 Å². The molecule has 27 heavy (non-hydrogen) atoms. The van der Waals surface area contributed by atoms with E-state index in [-0.39, 0.29) is 17.9 Å². The first-order valence-corrected chi connectivity index (χ1v) is 8.70. The van der Waals surface area contributed by atoms with E-state index in [2.05, 4.69) is 10.3 Å². The SMILES string of the molecule is COc1cccc(CNC(=O)CCc2cc3ccccc3[nH]c2=O)c1OC. The van der Waals surface area contributed by atoms with Crippen LogP contribution in [0.5, 0.6) is 11.5 Å². The molecule has 0 aliphatic rings. The van der Waals surface area contributed by atoms with Gasteiger partial charge < -0.3 is 19.8 Å². The van der Waals surface area contributed by atoms with Gasteiger partial charge >= 0.3 is 0 Å². The van der Waals surface area contributed by atoms with Crippen LogP contribution in [0.3, 0.4) is 0 Å². The van der Waals surface area contributed by atoms with Crippen LogP contribution in [0.1, 0.15) is 17.5 Å². The van der Waals surface area contributed by atoms with Gasteiger partial charge in [0, 0.05) is 29.6 Å². The fourth-order valence-electron chi connectivity index (χ4n) is 3.00. The molecule has 2 N–H and O–H groups in total. The predicted molar refractivity (Wildman–Crippen MR) is 104 cm³/mol. The van der Waals surface area contributed by atoms with Gasteiger partial charge in [-0.1, -0.05) is 30.3 Å². The third kappa shape index (κ3) is 4.28. The Morgan fingerprint density at radius 3 is 2.63 bits per heavy atom. The van der Waals surface area contributed by atoms with E-state index in [1.807, 2.05) is 42.5 Å². The topological polar surface area (TPSA) is 80.4 Å². The smallest absolute Gasteiger partial charge is 0.251 e. The van der Waals surface area contributed by atoms with Gasteiger partial charge in [0.05, 0.1) is 14.2 Å². The normalized spacial score (nSPS) is 10.6. The van der Waals surface area contributed by atoms with Crippen LogP contribution >= 0.6 is 0 Å². The number of methoxy groups -OCH3 is 2. The molecule has 0 aliphatic heterocycles. The average Bonchev–Trinajstić information content (AvgIpc) is 2.70. The summed E-state index contributed by atoms with van der Waals surface area (Å²) >= 11 is 0. The Morgan fingerprint density at radius 1 is 1.04 bits per heavy atom. The second-order valence-corrected chi connectivity index (χ2v) is 6.14. The maximum atomic E-state index is 12.2. The molecule has 6 nitrogen and oxygen atoms in total. The molecule has 1 aromatic heterocycles. The first kappa shape index (κ1) is 18.5. The van der Waals surface area contributed by atoms with E-state index in [0.29, 0.717) is 30.0 Å². The summed E-state index contributed by atoms with van der Waals surface area (Å²) in [5.41, 5.74) is 2.06. The highest BCUT2D eigenvalue weighted by Crippen LogP contribution is 2.30. The molecule has 0 radical (unpaired) electrons. The van der Waals surface area contributed by atoms with Crippen molar-refractivity contribution in [1.29, 1.82) is 0 Å². The number of pyridine rings is 1. The highest BCUT2D eigenvalue weighted by Gasteiger charge is 2.11. The monoisotopic (exact) mass is 366 g/mol. The Bertz CT molecular complexity index is 1010. The molecule has 0 fully saturated rings. The standard InChI is InChI=1S/C21H22N2O4/c1-26-18-9-5-7-16(20(18)27-2)13-22-19(24)11-10-15-12-14-6-3-4-8-17(14)23-21(15)25/h3-9,12H,10-11,13H2,1-2H3,(H,22,24)(H,23,25). The van der Waals surface area contributed by atoms with Gasteiger partial charge in [0.15, 0.2) is 11.5 Å². The predicted octanol–water partition coefficient (Wildman–Crippen LogP) is 2.79. The second kappa shape index (κ2) is 8.40. The van der Waals surface area contributed by atoms with Crippen LogP contribution in [0.4, 0.5) is 0 Å². The van der Waals surface area contributed by atoms with E-state index in [1.165, 1.54) is 0 Å². The zero-order valence-corrected chi connectivity index (χ0v) is 15.4. The quantitative estimate of drug-likeness (QED) is 0.674. The van der Waals surface area contributed by atoms with E-state index in [4.69, 9.17) is 9.47 Å². The molecular formula is C21H22N2O4. The molecule has 0 atom stereocenters. The Hall–Kier alpha value is -3.28. The molecule has 0 spiro atoms. The lowest BCUT2D eigenvalue weighted by molar-refractivity contribution is -0.121. The number of hydrogen-bond acceptors (Lipinski definition) is 4. The summed E-state index contributed by atoms with van der Waals surface area (Å²) in [6.07, 6.45) is 0.606. The van der Waals surface area contributed by atoms with Crippen molar-refractivity contribution in [3.05, 3.63) is 70.0 Å². The van der Waals surface area contributed by atoms with E-state index < -0.39 is 0 Å². The van der Waals surface area contributed by atoms with Gasteiger partial charge in [-0.2, -0.15) is 0 Å². The van der Waals surface area contributed by atoms with E-state index >= 15 is 0 Å². The number of rotatable bonds is 7. The number of aromatic nitrogens is 1. The molecule has 1 amide bonds. The van der Waals surface area contributed by atoms with Crippen molar-refractivity contribution < 1.29 is 14.3 Å². The molecule has 6 heteroatoms. The van der Waals surface area contributed by atoms with Crippen LogP contribution in [0.25, 0.3) is 10.9 Å². The van der Waals surface area contributed by atoms with Crippen LogP contribution in [0.2, 0.25) is 0 Å². The molecule has 0 unspecified atom stereocenters. The van der Waals surface area contributed by atoms with E-state index in [1.54, 1.807) is 20.3 Å². The van der Waals surface area contributed by atoms with Crippen molar-refractivity contribution in [1.82, 2.24) is 10.3 Å². The van der Waals surface area contributed by atoms with Gasteiger partial charge in [-0.3, -0.25) is 9.59 Å². The molecule has 0 aliphatic carbocycles. The molecular weight excluding hydrogens is 344 g/mol. The maximum absolute atomic E-state index is 12.2. The summed E-state index contributed by atoms with van der Waals surface area (Å²) in [7, 11) is 3.14. The number of hydrogen-bond donors (Lipinski definition) is 2. The van der Waals surface area contributed by atoms with Gasteiger partial charge in [0.25, 0.3) is 5.56 Å². The fraction of sp³-hybridized carbons (Fsp3) is 0.238. The Kier molecular flexibility index (Phi) is 5.76. The van der Waals surface area contributed by atoms with Gasteiger partial charge in [-0.15, -0.1) is 0 Å². The van der Waals surface area contributed by atoms with Crippen molar-refractivity contribution in [3.63, 3.8) is 0 Å². The number of fused-ring (bicyclic) bond motifs is 1. The number of aryl methyl sites for hydroxylation is 1. The minimum absolute atomic E-state index is 0.132. The van der Waals surface area contributed by atoms with Crippen LogP contribution < -0.4 is 20.3 Å². The Balaban J connectivity index is 1.62. The van der Waals surface area contributed by atoms with Crippen LogP contribution in [0, 0.1) is 0 Å². The average molecular weight is 366 g/mol. The molecule has 2 aromatic carbocycles. The first-order chi connectivity index (χ1) is 13.1. The van der Waals surface area contributed by atoms with Crippen molar-refractivity contribution in [2.45, 2.75) is 19.4 Å². The summed E-state index contributed by atoms with van der Waals surface area (Å²) in [4.78, 5) is 27.2. The van der Waals surface area contributed by atoms with Gasteiger partial charge in [0.2, 0.25) is 5.91 Å². The summed E-state index contributed by atoms with van der Waals surface area (Å²) < 4.78 is 10.6. The van der Waals surface area contributed by atoms with Crippen molar-refractivity contribution in [2.75, 3.05) is 14.2 Å². The molecule has 0 bridgehead atoms. The zero-order valence-electron chi connectivity index (χ0n) is 15.4. The summed E-state index contributed by atoms with van der Waals surface area (Å²) in [5.74, 6) is 1.09. The number of H-pyrrole nitrogens is 1. The third-order valence-corrected chi connectivity index (χ3v) is 4.41. The van der Waals surface area contributed by atoms with Crippen LogP contribution in [-0.4, -0.2) is 25.1 Å². The third-order valence-electron chi connectivity index (χ3n) is 4.41. The number of aromatic amines is 1.